The molecule has 1 aromatic rings. The number of phenolic OH excluding ortho intramolecular Hbond substituents is 1. The highest BCUT2D eigenvalue weighted by Crippen LogP contribution is 2.45. The number of hydrogen-bond donors (Lipinski definition) is 1. The van der Waals surface area contributed by atoms with Crippen LogP contribution < -0.4 is 4.74 Å². The molecule has 0 aliphatic carbocycles. The molecule has 0 saturated heterocycles. The molecular formula is C32H58O2. The van der Waals surface area contributed by atoms with Gasteiger partial charge < -0.3 is 9.84 Å². The van der Waals surface area contributed by atoms with Crippen molar-refractivity contribution < 1.29 is 9.84 Å². The molecule has 0 aromatic heterocycles. The molecule has 2 heteroatoms. The van der Waals surface area contributed by atoms with Crippen LogP contribution in [0.4, 0.5) is 0 Å². The summed E-state index contributed by atoms with van der Waals surface area (Å²) in [6.07, 6.45) is 20.0. The van der Waals surface area contributed by atoms with E-state index < -0.39 is 0 Å². The molecule has 0 spiro atoms. The number of unbranched alkanes of at least 4 members (excludes halogenated alkanes) is 11. The third kappa shape index (κ3) is 11.0. The van der Waals surface area contributed by atoms with Crippen LogP contribution in [0.15, 0.2) is 12.1 Å². The maximum absolute atomic E-state index is 11.5. The number of ether oxygens (including phenoxy) is 1. The fourth-order valence-electron chi connectivity index (χ4n) is 5.05. The lowest BCUT2D eigenvalue weighted by Gasteiger charge is -2.32. The molecule has 0 amide bonds. The van der Waals surface area contributed by atoms with Crippen LogP contribution in [-0.2, 0) is 10.8 Å². The van der Waals surface area contributed by atoms with Crippen LogP contribution in [0.5, 0.6) is 11.5 Å². The summed E-state index contributed by atoms with van der Waals surface area (Å²) >= 11 is 0. The lowest BCUT2D eigenvalue weighted by molar-refractivity contribution is 0.299. The van der Waals surface area contributed by atoms with E-state index in [4.69, 9.17) is 4.74 Å². The first-order valence-electron chi connectivity index (χ1n) is 14.7. The van der Waals surface area contributed by atoms with Gasteiger partial charge in [0.2, 0.25) is 0 Å². The Hall–Kier alpha value is -1.18. The van der Waals surface area contributed by atoms with Crippen molar-refractivity contribution in [3.8, 4) is 11.5 Å². The van der Waals surface area contributed by atoms with Gasteiger partial charge in [0, 0.05) is 11.1 Å². The van der Waals surface area contributed by atoms with E-state index in [0.717, 1.165) is 42.7 Å². The summed E-state index contributed by atoms with van der Waals surface area (Å²) in [5, 5.41) is 11.5. The highest BCUT2D eigenvalue weighted by Gasteiger charge is 2.31. The second kappa shape index (κ2) is 16.5. The molecule has 0 fully saturated rings. The van der Waals surface area contributed by atoms with Gasteiger partial charge in [0.1, 0.15) is 11.5 Å². The Morgan fingerprint density at radius 3 is 1.41 bits per heavy atom. The van der Waals surface area contributed by atoms with Gasteiger partial charge in [0.05, 0.1) is 6.61 Å². The van der Waals surface area contributed by atoms with Crippen molar-refractivity contribution in [2.24, 2.45) is 0 Å². The summed E-state index contributed by atoms with van der Waals surface area (Å²) in [4.78, 5) is 0. The van der Waals surface area contributed by atoms with E-state index in [1.165, 1.54) is 83.5 Å². The third-order valence-corrected chi connectivity index (χ3v) is 7.62. The maximum atomic E-state index is 11.5. The Morgan fingerprint density at radius 1 is 0.588 bits per heavy atom. The molecule has 0 atom stereocenters. The van der Waals surface area contributed by atoms with Gasteiger partial charge in [-0.15, -0.1) is 0 Å². The van der Waals surface area contributed by atoms with Crippen molar-refractivity contribution in [2.75, 3.05) is 6.61 Å². The summed E-state index contributed by atoms with van der Waals surface area (Å²) in [6, 6.07) is 4.27. The number of aromatic hydroxyl groups is 1. The predicted octanol–water partition coefficient (Wildman–Crippen LogP) is 10.6. The quantitative estimate of drug-likeness (QED) is 0.190. The van der Waals surface area contributed by atoms with E-state index in [-0.39, 0.29) is 10.8 Å². The van der Waals surface area contributed by atoms with E-state index in [2.05, 4.69) is 60.6 Å². The molecule has 0 aliphatic rings. The minimum Gasteiger partial charge on any atom is -0.507 e. The van der Waals surface area contributed by atoms with Crippen molar-refractivity contribution in [1.82, 2.24) is 0 Å². The van der Waals surface area contributed by atoms with Gasteiger partial charge in [-0.05, 0) is 42.2 Å². The Bertz CT molecular complexity index is 616. The van der Waals surface area contributed by atoms with Crippen LogP contribution >= 0.6 is 0 Å². The Balaban J connectivity index is 2.94. The SMILES string of the molecule is CCCCCCCCCCOc1cc(C(C)(C)CCCCC)c(O)c(C(C)(C)CCCCC)c1. The zero-order valence-corrected chi connectivity index (χ0v) is 24.0. The number of benzene rings is 1. The largest absolute Gasteiger partial charge is 0.507 e. The smallest absolute Gasteiger partial charge is 0.123 e. The lowest BCUT2D eigenvalue weighted by Crippen LogP contribution is -2.22. The van der Waals surface area contributed by atoms with Gasteiger partial charge in [-0.25, -0.2) is 0 Å². The predicted molar refractivity (Wildman–Crippen MR) is 151 cm³/mol. The molecule has 1 rings (SSSR count). The van der Waals surface area contributed by atoms with Crippen molar-refractivity contribution in [2.45, 2.75) is 162 Å². The van der Waals surface area contributed by atoms with Crippen LogP contribution in [0.2, 0.25) is 0 Å². The minimum absolute atomic E-state index is 0.0641. The number of hydrogen-bond acceptors (Lipinski definition) is 2. The average Bonchev–Trinajstić information content (AvgIpc) is 2.78. The van der Waals surface area contributed by atoms with E-state index >= 15 is 0 Å². The lowest BCUT2D eigenvalue weighted by atomic mass is 9.74. The summed E-state index contributed by atoms with van der Waals surface area (Å²) in [7, 11) is 0. The molecule has 0 aliphatic heterocycles. The van der Waals surface area contributed by atoms with Gasteiger partial charge in [-0.2, -0.15) is 0 Å². The Morgan fingerprint density at radius 2 is 0.971 bits per heavy atom. The van der Waals surface area contributed by atoms with Crippen LogP contribution in [0.1, 0.15) is 162 Å². The fourth-order valence-corrected chi connectivity index (χ4v) is 5.05. The van der Waals surface area contributed by atoms with Crippen molar-refractivity contribution in [1.29, 1.82) is 0 Å². The average molecular weight is 475 g/mol. The van der Waals surface area contributed by atoms with E-state index in [9.17, 15) is 5.11 Å². The molecule has 0 unspecified atom stereocenters. The normalized spacial score (nSPS) is 12.3. The first-order chi connectivity index (χ1) is 16.2. The van der Waals surface area contributed by atoms with Crippen LogP contribution in [0.25, 0.3) is 0 Å². The molecule has 1 aromatic carbocycles. The summed E-state index contributed by atoms with van der Waals surface area (Å²) < 4.78 is 6.32. The molecule has 0 heterocycles. The molecule has 0 radical (unpaired) electrons. The van der Waals surface area contributed by atoms with Crippen molar-refractivity contribution in [3.05, 3.63) is 23.3 Å². The summed E-state index contributed by atoms with van der Waals surface area (Å²) in [5.41, 5.74) is 2.00. The third-order valence-electron chi connectivity index (χ3n) is 7.62. The summed E-state index contributed by atoms with van der Waals surface area (Å²) in [6.45, 7) is 16.7. The van der Waals surface area contributed by atoms with Gasteiger partial charge >= 0.3 is 0 Å². The monoisotopic (exact) mass is 474 g/mol. The Kier molecular flexibility index (Phi) is 15.0. The molecular weight excluding hydrogens is 416 g/mol. The molecule has 2 nitrogen and oxygen atoms in total. The van der Waals surface area contributed by atoms with Crippen LogP contribution in [0, 0.1) is 0 Å². The van der Waals surface area contributed by atoms with Gasteiger partial charge in [-0.1, -0.05) is 132 Å². The van der Waals surface area contributed by atoms with E-state index in [1.54, 1.807) is 0 Å². The van der Waals surface area contributed by atoms with Crippen LogP contribution in [-0.4, -0.2) is 11.7 Å². The van der Waals surface area contributed by atoms with Gasteiger partial charge in [0.25, 0.3) is 0 Å². The maximum Gasteiger partial charge on any atom is 0.123 e. The standard InChI is InChI=1S/C32H58O2/c1-8-11-14-15-16-17-18-21-24-34-27-25-28(31(4,5)22-19-12-9-2)30(33)29(26-27)32(6,7)23-20-13-10-3/h25-26,33H,8-24H2,1-7H3. The first kappa shape index (κ1) is 30.9. The first-order valence-corrected chi connectivity index (χ1v) is 14.7. The highest BCUT2D eigenvalue weighted by atomic mass is 16.5. The molecule has 1 N–H and O–H groups in total. The second-order valence-corrected chi connectivity index (χ2v) is 11.9. The number of phenols is 1. The van der Waals surface area contributed by atoms with Crippen LogP contribution in [0.3, 0.4) is 0 Å². The van der Waals surface area contributed by atoms with Crippen molar-refractivity contribution >= 4 is 0 Å². The highest BCUT2D eigenvalue weighted by molar-refractivity contribution is 5.52. The molecule has 198 valence electrons. The fraction of sp³-hybridized carbons (Fsp3) is 0.812. The van der Waals surface area contributed by atoms with Gasteiger partial charge in [-0.3, -0.25) is 0 Å². The number of rotatable bonds is 20. The van der Waals surface area contributed by atoms with Crippen molar-refractivity contribution in [3.63, 3.8) is 0 Å². The zero-order chi connectivity index (χ0) is 25.5. The summed E-state index contributed by atoms with van der Waals surface area (Å²) in [5.74, 6) is 1.44. The minimum atomic E-state index is -0.0641. The Labute approximate surface area is 213 Å². The van der Waals surface area contributed by atoms with E-state index in [0.29, 0.717) is 5.75 Å². The van der Waals surface area contributed by atoms with E-state index in [1.807, 2.05) is 0 Å². The topological polar surface area (TPSA) is 29.5 Å². The molecule has 0 bridgehead atoms. The molecule has 34 heavy (non-hydrogen) atoms. The second-order valence-electron chi connectivity index (χ2n) is 11.9. The zero-order valence-electron chi connectivity index (χ0n) is 24.0. The van der Waals surface area contributed by atoms with Gasteiger partial charge in [0.15, 0.2) is 0 Å². The molecule has 0 saturated carbocycles.